The molecule has 9 nitrogen and oxygen atoms in total. The summed E-state index contributed by atoms with van der Waals surface area (Å²) in [5.74, 6) is 0.346. The number of unbranched alkanes of at least 4 members (excludes halogenated alkanes) is 1. The van der Waals surface area contributed by atoms with Crippen LogP contribution in [0.3, 0.4) is 0 Å². The topological polar surface area (TPSA) is 136 Å². The van der Waals surface area contributed by atoms with Crippen molar-refractivity contribution in [1.29, 1.82) is 0 Å². The summed E-state index contributed by atoms with van der Waals surface area (Å²) in [6.45, 7) is 0.973. The Labute approximate surface area is 115 Å². The van der Waals surface area contributed by atoms with Crippen LogP contribution in [0.2, 0.25) is 0 Å². The highest BCUT2D eigenvalue weighted by Gasteiger charge is 2.12. The molecule has 0 radical (unpaired) electrons. The van der Waals surface area contributed by atoms with E-state index in [1.165, 1.54) is 6.33 Å². The molecule has 0 amide bonds. The molecule has 10 heteroatoms. The summed E-state index contributed by atoms with van der Waals surface area (Å²) in [5, 5.41) is 0. The largest absolute Gasteiger partial charge is 0.382 e. The summed E-state index contributed by atoms with van der Waals surface area (Å²) in [7, 11) is -4.07. The lowest BCUT2D eigenvalue weighted by atomic mass is 10.3. The van der Waals surface area contributed by atoms with Crippen LogP contribution >= 0.6 is 7.60 Å². The van der Waals surface area contributed by atoms with Gasteiger partial charge in [-0.05, 0) is 12.8 Å². The van der Waals surface area contributed by atoms with Crippen LogP contribution in [0.1, 0.15) is 12.8 Å². The van der Waals surface area contributed by atoms with Crippen molar-refractivity contribution in [3.63, 3.8) is 0 Å². The highest BCUT2D eigenvalue weighted by Crippen LogP contribution is 2.33. The summed E-state index contributed by atoms with van der Waals surface area (Å²) in [4.78, 5) is 29.4. The number of imidazole rings is 1. The molecule has 0 bridgehead atoms. The van der Waals surface area contributed by atoms with Gasteiger partial charge in [0.05, 0.1) is 6.33 Å². The van der Waals surface area contributed by atoms with Crippen LogP contribution in [0.5, 0.6) is 0 Å². The molecule has 0 aliphatic heterocycles. The molecule has 2 aromatic heterocycles. The Morgan fingerprint density at radius 3 is 2.85 bits per heavy atom. The van der Waals surface area contributed by atoms with Crippen molar-refractivity contribution in [2.45, 2.75) is 19.4 Å². The molecule has 20 heavy (non-hydrogen) atoms. The SMILES string of the molecule is Nc1ncnc2c1ncn2CCCCOCP(=O)(O)O. The van der Waals surface area contributed by atoms with E-state index in [0.29, 0.717) is 36.6 Å². The van der Waals surface area contributed by atoms with Crippen LogP contribution in [-0.2, 0) is 15.8 Å². The quantitative estimate of drug-likeness (QED) is 0.492. The maximum absolute atomic E-state index is 10.6. The fourth-order valence-corrected chi connectivity index (χ4v) is 2.10. The number of nitrogens with two attached hydrogens (primary N) is 1. The molecule has 2 aromatic rings. The van der Waals surface area contributed by atoms with Crippen molar-refractivity contribution < 1.29 is 19.1 Å². The van der Waals surface area contributed by atoms with Crippen molar-refractivity contribution in [2.24, 2.45) is 0 Å². The third-order valence-electron chi connectivity index (χ3n) is 2.63. The fourth-order valence-electron chi connectivity index (χ4n) is 1.73. The number of rotatable bonds is 7. The van der Waals surface area contributed by atoms with Gasteiger partial charge in [0.25, 0.3) is 0 Å². The number of hydrogen-bond acceptors (Lipinski definition) is 6. The maximum Gasteiger partial charge on any atom is 0.350 e. The first-order valence-electron chi connectivity index (χ1n) is 6.01. The van der Waals surface area contributed by atoms with Crippen LogP contribution in [0.25, 0.3) is 11.2 Å². The zero-order chi connectivity index (χ0) is 14.6. The van der Waals surface area contributed by atoms with E-state index < -0.39 is 13.9 Å². The molecule has 0 fully saturated rings. The molecule has 0 aliphatic rings. The third kappa shape index (κ3) is 3.97. The monoisotopic (exact) mass is 301 g/mol. The van der Waals surface area contributed by atoms with E-state index in [1.54, 1.807) is 6.33 Å². The van der Waals surface area contributed by atoms with E-state index in [2.05, 4.69) is 15.0 Å². The predicted molar refractivity (Wildman–Crippen MR) is 71.8 cm³/mol. The molecule has 0 unspecified atom stereocenters. The van der Waals surface area contributed by atoms with Gasteiger partial charge in [-0.1, -0.05) is 0 Å². The lowest BCUT2D eigenvalue weighted by Crippen LogP contribution is -2.02. The minimum absolute atomic E-state index is 0.300. The van der Waals surface area contributed by atoms with Gasteiger partial charge in [0, 0.05) is 13.2 Å². The van der Waals surface area contributed by atoms with Gasteiger partial charge in [0.2, 0.25) is 0 Å². The van der Waals surface area contributed by atoms with Crippen LogP contribution < -0.4 is 5.73 Å². The minimum atomic E-state index is -4.07. The Hall–Kier alpha value is -1.54. The Bertz CT molecular complexity index is 625. The van der Waals surface area contributed by atoms with Gasteiger partial charge >= 0.3 is 7.60 Å². The van der Waals surface area contributed by atoms with Crippen LogP contribution in [0.4, 0.5) is 5.82 Å². The Kier molecular flexibility index (Phi) is 4.66. The summed E-state index contributed by atoms with van der Waals surface area (Å²) in [6, 6.07) is 0. The average molecular weight is 301 g/mol. The standard InChI is InChI=1S/C10H16N5O4P/c11-9-8-10(13-5-12-9)15(6-14-8)3-1-2-4-19-7-20(16,17)18/h5-6H,1-4,7H2,(H2,11,12,13)(H2,16,17,18). The maximum atomic E-state index is 10.6. The molecular formula is C10H16N5O4P. The molecule has 110 valence electrons. The molecule has 0 saturated carbocycles. The van der Waals surface area contributed by atoms with Crippen LogP contribution in [-0.4, -0.2) is 42.3 Å². The minimum Gasteiger partial charge on any atom is -0.382 e. The van der Waals surface area contributed by atoms with E-state index in [4.69, 9.17) is 20.3 Å². The molecule has 0 atom stereocenters. The molecule has 2 heterocycles. The number of nitrogen functional groups attached to an aromatic ring is 1. The zero-order valence-corrected chi connectivity index (χ0v) is 11.6. The van der Waals surface area contributed by atoms with Gasteiger partial charge in [-0.15, -0.1) is 0 Å². The normalized spacial score (nSPS) is 12.1. The van der Waals surface area contributed by atoms with Crippen molar-refractivity contribution in [2.75, 3.05) is 18.7 Å². The number of anilines is 1. The smallest absolute Gasteiger partial charge is 0.350 e. The van der Waals surface area contributed by atoms with E-state index in [-0.39, 0.29) is 0 Å². The van der Waals surface area contributed by atoms with Crippen LogP contribution in [0, 0.1) is 0 Å². The van der Waals surface area contributed by atoms with Gasteiger partial charge in [0.1, 0.15) is 18.2 Å². The summed E-state index contributed by atoms with van der Waals surface area (Å²) in [5.41, 5.74) is 6.93. The number of fused-ring (bicyclic) bond motifs is 1. The van der Waals surface area contributed by atoms with E-state index in [1.807, 2.05) is 4.57 Å². The molecule has 0 aliphatic carbocycles. The predicted octanol–water partition coefficient (Wildman–Crippen LogP) is 0.340. The lowest BCUT2D eigenvalue weighted by Gasteiger charge is -2.06. The number of aryl methyl sites for hydroxylation is 1. The van der Waals surface area contributed by atoms with E-state index in [0.717, 1.165) is 6.42 Å². The fraction of sp³-hybridized carbons (Fsp3) is 0.500. The summed E-state index contributed by atoms with van der Waals surface area (Å²) in [6.07, 6.45) is 3.95. The lowest BCUT2D eigenvalue weighted by molar-refractivity contribution is 0.152. The first-order valence-corrected chi connectivity index (χ1v) is 7.81. The van der Waals surface area contributed by atoms with Gasteiger partial charge < -0.3 is 24.8 Å². The molecule has 2 rings (SSSR count). The molecule has 0 aromatic carbocycles. The summed E-state index contributed by atoms with van der Waals surface area (Å²) >= 11 is 0. The number of ether oxygens (including phenoxy) is 1. The summed E-state index contributed by atoms with van der Waals surface area (Å²) < 4.78 is 17.3. The average Bonchev–Trinajstić information content (AvgIpc) is 2.77. The van der Waals surface area contributed by atoms with Crippen molar-refractivity contribution in [3.8, 4) is 0 Å². The zero-order valence-electron chi connectivity index (χ0n) is 10.7. The van der Waals surface area contributed by atoms with Gasteiger partial charge in [0.15, 0.2) is 11.5 Å². The second-order valence-electron chi connectivity index (χ2n) is 4.28. The Morgan fingerprint density at radius 2 is 2.10 bits per heavy atom. The molecule has 0 saturated heterocycles. The van der Waals surface area contributed by atoms with Gasteiger partial charge in [-0.25, -0.2) is 15.0 Å². The van der Waals surface area contributed by atoms with E-state index >= 15 is 0 Å². The Balaban J connectivity index is 1.79. The molecule has 4 N–H and O–H groups in total. The van der Waals surface area contributed by atoms with E-state index in [9.17, 15) is 4.57 Å². The van der Waals surface area contributed by atoms with Crippen molar-refractivity contribution >= 4 is 24.6 Å². The number of nitrogens with zero attached hydrogens (tertiary/aromatic N) is 4. The van der Waals surface area contributed by atoms with Gasteiger partial charge in [-0.3, -0.25) is 4.57 Å². The number of hydrogen-bond donors (Lipinski definition) is 3. The highest BCUT2D eigenvalue weighted by atomic mass is 31.2. The molecule has 0 spiro atoms. The second kappa shape index (κ2) is 6.27. The third-order valence-corrected chi connectivity index (χ3v) is 3.15. The van der Waals surface area contributed by atoms with Crippen molar-refractivity contribution in [3.05, 3.63) is 12.7 Å². The molecular weight excluding hydrogens is 285 g/mol. The van der Waals surface area contributed by atoms with Crippen molar-refractivity contribution in [1.82, 2.24) is 19.5 Å². The first-order chi connectivity index (χ1) is 9.47. The highest BCUT2D eigenvalue weighted by molar-refractivity contribution is 7.51. The van der Waals surface area contributed by atoms with Crippen LogP contribution in [0.15, 0.2) is 12.7 Å². The number of aromatic nitrogens is 4. The Morgan fingerprint density at radius 1 is 1.30 bits per heavy atom. The second-order valence-corrected chi connectivity index (χ2v) is 5.87. The first kappa shape index (κ1) is 14.9. The van der Waals surface area contributed by atoms with Gasteiger partial charge in [-0.2, -0.15) is 0 Å².